The number of fused-ring (bicyclic) bond motifs is 1. The third kappa shape index (κ3) is 3.75. The van der Waals surface area contributed by atoms with Crippen LogP contribution >= 0.6 is 0 Å². The van der Waals surface area contributed by atoms with Gasteiger partial charge in [-0.2, -0.15) is 4.98 Å². The van der Waals surface area contributed by atoms with E-state index in [1.165, 1.54) is 32.1 Å². The molecule has 0 radical (unpaired) electrons. The minimum Gasteiger partial charge on any atom is -0.342 e. The Morgan fingerprint density at radius 2 is 1.92 bits per heavy atom. The molecule has 1 aromatic heterocycles. The number of piperidine rings is 1. The van der Waals surface area contributed by atoms with Gasteiger partial charge in [-0.25, -0.2) is 0 Å². The Labute approximate surface area is 148 Å². The maximum absolute atomic E-state index is 12.6. The van der Waals surface area contributed by atoms with Crippen LogP contribution in [0.25, 0.3) is 11.4 Å². The average molecular weight is 339 g/mol. The van der Waals surface area contributed by atoms with Gasteiger partial charge in [-0.15, -0.1) is 0 Å². The highest BCUT2D eigenvalue weighted by Crippen LogP contribution is 2.36. The van der Waals surface area contributed by atoms with Crippen molar-refractivity contribution in [2.24, 2.45) is 11.8 Å². The molecule has 2 atom stereocenters. The van der Waals surface area contributed by atoms with Gasteiger partial charge in [-0.1, -0.05) is 54.8 Å². The van der Waals surface area contributed by atoms with Crippen molar-refractivity contribution in [3.8, 4) is 11.4 Å². The van der Waals surface area contributed by atoms with E-state index in [1.807, 2.05) is 30.3 Å². The molecule has 2 heterocycles. The molecule has 25 heavy (non-hydrogen) atoms. The lowest BCUT2D eigenvalue weighted by molar-refractivity contribution is -0.134. The molecule has 0 N–H and O–H groups in total. The van der Waals surface area contributed by atoms with Gasteiger partial charge >= 0.3 is 0 Å². The number of benzene rings is 1. The van der Waals surface area contributed by atoms with Gasteiger partial charge < -0.3 is 9.42 Å². The van der Waals surface area contributed by atoms with Crippen molar-refractivity contribution in [1.82, 2.24) is 15.0 Å². The molecule has 1 aliphatic heterocycles. The van der Waals surface area contributed by atoms with E-state index in [9.17, 15) is 4.79 Å². The number of aryl methyl sites for hydroxylation is 1. The van der Waals surface area contributed by atoms with Crippen LogP contribution < -0.4 is 0 Å². The Morgan fingerprint density at radius 1 is 1.12 bits per heavy atom. The van der Waals surface area contributed by atoms with Gasteiger partial charge in [0.25, 0.3) is 0 Å². The summed E-state index contributed by atoms with van der Waals surface area (Å²) < 4.78 is 5.31. The number of likely N-dealkylation sites (tertiary alicyclic amines) is 1. The van der Waals surface area contributed by atoms with Crippen molar-refractivity contribution in [3.05, 3.63) is 36.2 Å². The topological polar surface area (TPSA) is 59.2 Å². The molecule has 5 heteroatoms. The summed E-state index contributed by atoms with van der Waals surface area (Å²) in [6.07, 6.45) is 7.49. The molecule has 5 nitrogen and oxygen atoms in total. The van der Waals surface area contributed by atoms with E-state index in [-0.39, 0.29) is 5.91 Å². The zero-order valence-electron chi connectivity index (χ0n) is 14.6. The Bertz CT molecular complexity index is 713. The lowest BCUT2D eigenvalue weighted by atomic mass is 9.75. The Hall–Kier alpha value is -2.17. The van der Waals surface area contributed by atoms with Crippen LogP contribution in [0.5, 0.6) is 0 Å². The number of aromatic nitrogens is 2. The Morgan fingerprint density at radius 3 is 2.76 bits per heavy atom. The molecule has 1 saturated heterocycles. The smallest absolute Gasteiger partial charge is 0.227 e. The van der Waals surface area contributed by atoms with Gasteiger partial charge in [0, 0.05) is 31.5 Å². The van der Waals surface area contributed by atoms with Crippen LogP contribution in [0.15, 0.2) is 34.9 Å². The first-order valence-corrected chi connectivity index (χ1v) is 9.45. The summed E-state index contributed by atoms with van der Waals surface area (Å²) >= 11 is 0. The predicted octanol–water partition coefficient (Wildman–Crippen LogP) is 3.71. The third-order valence-electron chi connectivity index (χ3n) is 5.70. The number of nitrogens with zero attached hydrogens (tertiary/aromatic N) is 3. The fraction of sp³-hybridized carbons (Fsp3) is 0.550. The molecule has 0 bridgehead atoms. The highest BCUT2D eigenvalue weighted by molar-refractivity contribution is 5.76. The minimum atomic E-state index is 0.225. The normalized spacial score (nSPS) is 23.3. The summed E-state index contributed by atoms with van der Waals surface area (Å²) in [5, 5.41) is 4.02. The van der Waals surface area contributed by atoms with Crippen LogP contribution in [0, 0.1) is 11.8 Å². The molecule has 2 aromatic rings. The fourth-order valence-electron chi connectivity index (χ4n) is 4.26. The quantitative estimate of drug-likeness (QED) is 0.852. The fourth-order valence-corrected chi connectivity index (χ4v) is 4.26. The van der Waals surface area contributed by atoms with Crippen LogP contribution in [0.1, 0.15) is 44.4 Å². The van der Waals surface area contributed by atoms with Crippen molar-refractivity contribution < 1.29 is 9.32 Å². The molecule has 1 aromatic carbocycles. The van der Waals surface area contributed by atoms with E-state index < -0.39 is 0 Å². The van der Waals surface area contributed by atoms with E-state index in [0.717, 1.165) is 30.5 Å². The summed E-state index contributed by atoms with van der Waals surface area (Å²) in [7, 11) is 0. The second-order valence-corrected chi connectivity index (χ2v) is 7.31. The number of hydrogen-bond donors (Lipinski definition) is 0. The maximum Gasteiger partial charge on any atom is 0.227 e. The summed E-state index contributed by atoms with van der Waals surface area (Å²) in [5.74, 6) is 2.93. The van der Waals surface area contributed by atoms with Crippen molar-refractivity contribution in [2.75, 3.05) is 13.1 Å². The zero-order chi connectivity index (χ0) is 17.1. The molecule has 0 spiro atoms. The van der Waals surface area contributed by atoms with Crippen molar-refractivity contribution in [1.29, 1.82) is 0 Å². The summed E-state index contributed by atoms with van der Waals surface area (Å²) in [4.78, 5) is 19.0. The minimum absolute atomic E-state index is 0.225. The molecular weight excluding hydrogens is 314 g/mol. The molecule has 4 rings (SSSR count). The van der Waals surface area contributed by atoms with Crippen LogP contribution in [-0.2, 0) is 11.2 Å². The SMILES string of the molecule is O=C(CCc1nc(-c2ccccc2)no1)N1CC[C@@H]2CCCC[C@@H]2C1. The zero-order valence-corrected chi connectivity index (χ0v) is 14.6. The molecule has 2 fully saturated rings. The second kappa shape index (κ2) is 7.38. The average Bonchev–Trinajstić information content (AvgIpc) is 3.15. The summed E-state index contributed by atoms with van der Waals surface area (Å²) in [6, 6.07) is 9.76. The van der Waals surface area contributed by atoms with E-state index >= 15 is 0 Å². The van der Waals surface area contributed by atoms with E-state index in [1.54, 1.807) is 0 Å². The van der Waals surface area contributed by atoms with E-state index in [0.29, 0.717) is 24.6 Å². The number of carbonyl (C=O) groups excluding carboxylic acids is 1. The van der Waals surface area contributed by atoms with Gasteiger partial charge in [0.1, 0.15) is 0 Å². The van der Waals surface area contributed by atoms with Gasteiger partial charge in [0.15, 0.2) is 0 Å². The lowest BCUT2D eigenvalue weighted by Crippen LogP contribution is -2.44. The summed E-state index contributed by atoms with van der Waals surface area (Å²) in [6.45, 7) is 1.86. The van der Waals surface area contributed by atoms with Crippen LogP contribution in [0.4, 0.5) is 0 Å². The molecule has 132 valence electrons. The van der Waals surface area contributed by atoms with Crippen LogP contribution in [0.2, 0.25) is 0 Å². The Balaban J connectivity index is 1.31. The first kappa shape index (κ1) is 16.3. The monoisotopic (exact) mass is 339 g/mol. The molecule has 1 aliphatic carbocycles. The van der Waals surface area contributed by atoms with Crippen LogP contribution in [-0.4, -0.2) is 34.0 Å². The van der Waals surface area contributed by atoms with E-state index in [4.69, 9.17) is 4.52 Å². The van der Waals surface area contributed by atoms with Gasteiger partial charge in [0.2, 0.25) is 17.6 Å². The second-order valence-electron chi connectivity index (χ2n) is 7.31. The van der Waals surface area contributed by atoms with Crippen molar-refractivity contribution in [3.63, 3.8) is 0 Å². The van der Waals surface area contributed by atoms with Gasteiger partial charge in [-0.3, -0.25) is 4.79 Å². The maximum atomic E-state index is 12.6. The molecule has 1 amide bonds. The van der Waals surface area contributed by atoms with Crippen molar-refractivity contribution >= 4 is 5.91 Å². The largest absolute Gasteiger partial charge is 0.342 e. The van der Waals surface area contributed by atoms with E-state index in [2.05, 4.69) is 15.0 Å². The lowest BCUT2D eigenvalue weighted by Gasteiger charge is -2.41. The number of hydrogen-bond acceptors (Lipinski definition) is 4. The molecule has 0 unspecified atom stereocenters. The Kier molecular flexibility index (Phi) is 4.81. The number of carbonyl (C=O) groups is 1. The number of rotatable bonds is 4. The molecule has 2 aliphatic rings. The van der Waals surface area contributed by atoms with Gasteiger partial charge in [0.05, 0.1) is 0 Å². The van der Waals surface area contributed by atoms with Crippen LogP contribution in [0.3, 0.4) is 0 Å². The standard InChI is InChI=1S/C20H25N3O2/c24-19(23-13-12-15-6-4-5-9-17(15)14-23)11-10-18-21-20(22-25-18)16-7-2-1-3-8-16/h1-3,7-8,15,17H,4-6,9-14H2/t15-,17+/m0/s1. The third-order valence-corrected chi connectivity index (χ3v) is 5.70. The first-order chi connectivity index (χ1) is 12.3. The highest BCUT2D eigenvalue weighted by atomic mass is 16.5. The number of amides is 1. The predicted molar refractivity (Wildman–Crippen MR) is 94.7 cm³/mol. The highest BCUT2D eigenvalue weighted by Gasteiger charge is 2.32. The van der Waals surface area contributed by atoms with Crippen molar-refractivity contribution in [2.45, 2.75) is 44.9 Å². The van der Waals surface area contributed by atoms with Gasteiger partial charge in [-0.05, 0) is 24.7 Å². The molecule has 1 saturated carbocycles. The molecular formula is C20H25N3O2. The summed E-state index contributed by atoms with van der Waals surface area (Å²) in [5.41, 5.74) is 0.934. The first-order valence-electron chi connectivity index (χ1n) is 9.45.